The molecule has 0 saturated carbocycles. The molecule has 0 atom stereocenters. The van der Waals surface area contributed by atoms with Gasteiger partial charge in [-0.25, -0.2) is 4.98 Å². The fourth-order valence-electron chi connectivity index (χ4n) is 1.87. The predicted molar refractivity (Wildman–Crippen MR) is 65.9 cm³/mol. The number of rotatable bonds is 2. The van der Waals surface area contributed by atoms with Gasteiger partial charge in [0.05, 0.1) is 11.0 Å². The van der Waals surface area contributed by atoms with Crippen LogP contribution in [-0.2, 0) is 13.5 Å². The van der Waals surface area contributed by atoms with Crippen molar-refractivity contribution in [3.63, 3.8) is 0 Å². The van der Waals surface area contributed by atoms with Gasteiger partial charge in [-0.1, -0.05) is 15.9 Å². The number of halogens is 1. The van der Waals surface area contributed by atoms with Crippen molar-refractivity contribution in [2.45, 2.75) is 13.3 Å². The summed E-state index contributed by atoms with van der Waals surface area (Å²) in [6, 6.07) is 4.17. The van der Waals surface area contributed by atoms with Gasteiger partial charge < -0.3 is 10.3 Å². The SMILES string of the molecule is Cc1nc2cc(Br)cc(CCN)c2n1C. The molecule has 0 amide bonds. The highest BCUT2D eigenvalue weighted by Gasteiger charge is 2.09. The van der Waals surface area contributed by atoms with Crippen molar-refractivity contribution in [1.82, 2.24) is 9.55 Å². The summed E-state index contributed by atoms with van der Waals surface area (Å²) < 4.78 is 3.18. The van der Waals surface area contributed by atoms with Gasteiger partial charge in [0, 0.05) is 11.5 Å². The largest absolute Gasteiger partial charge is 0.331 e. The van der Waals surface area contributed by atoms with E-state index < -0.39 is 0 Å². The molecule has 0 aliphatic heterocycles. The zero-order valence-electron chi connectivity index (χ0n) is 8.92. The molecule has 15 heavy (non-hydrogen) atoms. The average Bonchev–Trinajstić information content (AvgIpc) is 2.42. The second-order valence-electron chi connectivity index (χ2n) is 3.69. The average molecular weight is 268 g/mol. The lowest BCUT2D eigenvalue weighted by molar-refractivity contribution is 0.873. The van der Waals surface area contributed by atoms with Gasteiger partial charge in [0.25, 0.3) is 0 Å². The fraction of sp³-hybridized carbons (Fsp3) is 0.364. The van der Waals surface area contributed by atoms with Crippen LogP contribution >= 0.6 is 15.9 Å². The highest BCUT2D eigenvalue weighted by atomic mass is 79.9. The Morgan fingerprint density at radius 2 is 2.20 bits per heavy atom. The van der Waals surface area contributed by atoms with E-state index >= 15 is 0 Å². The molecular formula is C11H14BrN3. The zero-order valence-corrected chi connectivity index (χ0v) is 10.5. The Bertz CT molecular complexity index is 502. The maximum absolute atomic E-state index is 5.61. The summed E-state index contributed by atoms with van der Waals surface area (Å²) in [5, 5.41) is 0. The van der Waals surface area contributed by atoms with Gasteiger partial charge >= 0.3 is 0 Å². The van der Waals surface area contributed by atoms with Crippen molar-refractivity contribution >= 4 is 27.0 Å². The Hall–Kier alpha value is -0.870. The van der Waals surface area contributed by atoms with E-state index in [9.17, 15) is 0 Å². The molecule has 80 valence electrons. The number of hydrogen-bond acceptors (Lipinski definition) is 2. The minimum atomic E-state index is 0.662. The summed E-state index contributed by atoms with van der Waals surface area (Å²) in [4.78, 5) is 4.51. The Labute approximate surface area is 97.4 Å². The molecule has 2 rings (SSSR count). The molecule has 0 aliphatic rings. The standard InChI is InChI=1S/C11H14BrN3/c1-7-14-10-6-9(12)5-8(3-4-13)11(10)15(7)2/h5-6H,3-4,13H2,1-2H3. The molecule has 2 aromatic rings. The van der Waals surface area contributed by atoms with Crippen LogP contribution < -0.4 is 5.73 Å². The lowest BCUT2D eigenvalue weighted by Crippen LogP contribution is -2.04. The van der Waals surface area contributed by atoms with Crippen LogP contribution in [0.15, 0.2) is 16.6 Å². The topological polar surface area (TPSA) is 43.8 Å². The Kier molecular flexibility index (Phi) is 2.80. The summed E-state index contributed by atoms with van der Waals surface area (Å²) in [7, 11) is 2.04. The lowest BCUT2D eigenvalue weighted by atomic mass is 10.1. The Morgan fingerprint density at radius 1 is 1.47 bits per heavy atom. The molecule has 1 heterocycles. The molecule has 4 heteroatoms. The molecule has 0 unspecified atom stereocenters. The first-order chi connectivity index (χ1) is 7.13. The molecule has 0 bridgehead atoms. The highest BCUT2D eigenvalue weighted by molar-refractivity contribution is 9.10. The number of imidazole rings is 1. The van der Waals surface area contributed by atoms with E-state index in [1.54, 1.807) is 0 Å². The van der Waals surface area contributed by atoms with Gasteiger partial charge in [-0.3, -0.25) is 0 Å². The normalized spacial score (nSPS) is 11.2. The van der Waals surface area contributed by atoms with Crippen LogP contribution in [0.2, 0.25) is 0 Å². The van der Waals surface area contributed by atoms with Crippen LogP contribution in [-0.4, -0.2) is 16.1 Å². The molecule has 1 aromatic heterocycles. The van der Waals surface area contributed by atoms with Crippen molar-refractivity contribution < 1.29 is 0 Å². The van der Waals surface area contributed by atoms with Gasteiger partial charge in [0.2, 0.25) is 0 Å². The summed E-state index contributed by atoms with van der Waals surface area (Å²) >= 11 is 3.50. The van der Waals surface area contributed by atoms with Crippen LogP contribution in [0.5, 0.6) is 0 Å². The summed E-state index contributed by atoms with van der Waals surface area (Å²) in [5.74, 6) is 1.03. The minimum absolute atomic E-state index is 0.662. The van der Waals surface area contributed by atoms with Crippen LogP contribution in [0.25, 0.3) is 11.0 Å². The molecule has 0 radical (unpaired) electrons. The number of aryl methyl sites for hydroxylation is 2. The smallest absolute Gasteiger partial charge is 0.106 e. The summed E-state index contributed by atoms with van der Waals surface area (Å²) in [5.41, 5.74) is 9.10. The molecule has 1 aromatic carbocycles. The van der Waals surface area contributed by atoms with Crippen molar-refractivity contribution in [2.75, 3.05) is 6.54 Å². The van der Waals surface area contributed by atoms with E-state index in [0.29, 0.717) is 6.54 Å². The molecule has 2 N–H and O–H groups in total. The van der Waals surface area contributed by atoms with Crippen molar-refractivity contribution in [3.8, 4) is 0 Å². The van der Waals surface area contributed by atoms with E-state index in [2.05, 4.69) is 31.5 Å². The molecular weight excluding hydrogens is 254 g/mol. The number of benzene rings is 1. The Balaban J connectivity index is 2.75. The first-order valence-corrected chi connectivity index (χ1v) is 5.74. The number of fused-ring (bicyclic) bond motifs is 1. The number of hydrogen-bond donors (Lipinski definition) is 1. The first kappa shape index (κ1) is 10.6. The molecule has 0 aliphatic carbocycles. The monoisotopic (exact) mass is 267 g/mol. The first-order valence-electron chi connectivity index (χ1n) is 4.95. The third-order valence-corrected chi connectivity index (χ3v) is 3.11. The van der Waals surface area contributed by atoms with Gasteiger partial charge in [0.1, 0.15) is 5.82 Å². The molecule has 0 fully saturated rings. The van der Waals surface area contributed by atoms with Gasteiger partial charge in [-0.05, 0) is 37.6 Å². The van der Waals surface area contributed by atoms with E-state index in [0.717, 1.165) is 22.2 Å². The summed E-state index contributed by atoms with van der Waals surface area (Å²) in [6.07, 6.45) is 0.884. The maximum Gasteiger partial charge on any atom is 0.106 e. The second kappa shape index (κ2) is 3.94. The van der Waals surface area contributed by atoms with E-state index in [4.69, 9.17) is 5.73 Å². The quantitative estimate of drug-likeness (QED) is 0.906. The van der Waals surface area contributed by atoms with Gasteiger partial charge in [-0.15, -0.1) is 0 Å². The van der Waals surface area contributed by atoms with Crippen LogP contribution in [0.1, 0.15) is 11.4 Å². The van der Waals surface area contributed by atoms with Crippen molar-refractivity contribution in [2.24, 2.45) is 12.8 Å². The molecule has 3 nitrogen and oxygen atoms in total. The van der Waals surface area contributed by atoms with E-state index in [-0.39, 0.29) is 0 Å². The zero-order chi connectivity index (χ0) is 11.0. The molecule has 0 saturated heterocycles. The van der Waals surface area contributed by atoms with Gasteiger partial charge in [0.15, 0.2) is 0 Å². The lowest BCUT2D eigenvalue weighted by Gasteiger charge is -2.05. The predicted octanol–water partition coefficient (Wildman–Crippen LogP) is 2.15. The van der Waals surface area contributed by atoms with Crippen molar-refractivity contribution in [3.05, 3.63) is 28.0 Å². The highest BCUT2D eigenvalue weighted by Crippen LogP contribution is 2.24. The fourth-order valence-corrected chi connectivity index (χ4v) is 2.36. The Morgan fingerprint density at radius 3 is 2.87 bits per heavy atom. The van der Waals surface area contributed by atoms with E-state index in [1.807, 2.05) is 20.0 Å². The van der Waals surface area contributed by atoms with Crippen LogP contribution in [0, 0.1) is 6.92 Å². The minimum Gasteiger partial charge on any atom is -0.331 e. The second-order valence-corrected chi connectivity index (χ2v) is 4.61. The number of nitrogens with two attached hydrogens (primary N) is 1. The third-order valence-electron chi connectivity index (χ3n) is 2.65. The van der Waals surface area contributed by atoms with Crippen LogP contribution in [0.3, 0.4) is 0 Å². The van der Waals surface area contributed by atoms with Gasteiger partial charge in [-0.2, -0.15) is 0 Å². The van der Waals surface area contributed by atoms with Crippen molar-refractivity contribution in [1.29, 1.82) is 0 Å². The maximum atomic E-state index is 5.61. The van der Waals surface area contributed by atoms with E-state index in [1.165, 1.54) is 11.1 Å². The molecule has 0 spiro atoms. The number of nitrogens with zero attached hydrogens (tertiary/aromatic N) is 2. The van der Waals surface area contributed by atoms with Crippen LogP contribution in [0.4, 0.5) is 0 Å². The number of aromatic nitrogens is 2. The third kappa shape index (κ3) is 1.79. The summed E-state index contributed by atoms with van der Waals surface area (Å²) in [6.45, 7) is 2.68.